The summed E-state index contributed by atoms with van der Waals surface area (Å²) >= 11 is 1.38. The second kappa shape index (κ2) is 4.53. The number of amides is 1. The Bertz CT molecular complexity index is 591. The number of nitrogens with zero attached hydrogens (tertiary/aromatic N) is 2. The predicted octanol–water partition coefficient (Wildman–Crippen LogP) is 3.04. The normalized spacial score (nSPS) is 14.4. The summed E-state index contributed by atoms with van der Waals surface area (Å²) in [7, 11) is 0. The first kappa shape index (κ1) is 11.4. The van der Waals surface area contributed by atoms with Crippen LogP contribution in [0.3, 0.4) is 0 Å². The fraction of sp³-hybridized carbons (Fsp3) is 0.286. The number of hydrogen-bond acceptors (Lipinski definition) is 3. The van der Waals surface area contributed by atoms with Gasteiger partial charge in [-0.1, -0.05) is 18.2 Å². The Hall–Kier alpha value is -1.68. The second-order valence-corrected chi connectivity index (χ2v) is 5.52. The van der Waals surface area contributed by atoms with Crippen molar-refractivity contribution in [3.8, 4) is 0 Å². The van der Waals surface area contributed by atoms with Gasteiger partial charge in [0.15, 0.2) is 0 Å². The molecule has 2 aromatic rings. The van der Waals surface area contributed by atoms with E-state index in [2.05, 4.69) is 10.4 Å². The van der Waals surface area contributed by atoms with Crippen LogP contribution in [0, 0.1) is 6.92 Å². The summed E-state index contributed by atoms with van der Waals surface area (Å²) < 4.78 is 4.21. The van der Waals surface area contributed by atoms with Crippen molar-refractivity contribution < 1.29 is 4.79 Å². The number of carbonyl (C=O) groups excluding carboxylic acids is 1. The van der Waals surface area contributed by atoms with Gasteiger partial charge in [-0.25, -0.2) is 0 Å². The summed E-state index contributed by atoms with van der Waals surface area (Å²) in [6.07, 6.45) is 2.07. The molecule has 1 aromatic heterocycles. The Morgan fingerprint density at radius 2 is 2.22 bits per heavy atom. The molecule has 1 amide bonds. The minimum absolute atomic E-state index is 0.0199. The van der Waals surface area contributed by atoms with Gasteiger partial charge in [0.25, 0.3) is 5.91 Å². The van der Waals surface area contributed by atoms with Crippen LogP contribution in [-0.2, 0) is 6.42 Å². The van der Waals surface area contributed by atoms with Crippen LogP contribution in [0.1, 0.15) is 27.3 Å². The van der Waals surface area contributed by atoms with Gasteiger partial charge >= 0.3 is 0 Å². The molecule has 18 heavy (non-hydrogen) atoms. The molecular weight excluding hydrogens is 244 g/mol. The van der Waals surface area contributed by atoms with Crippen LogP contribution in [0.4, 0.5) is 5.69 Å². The minimum atomic E-state index is 0.0199. The molecule has 2 heterocycles. The maximum absolute atomic E-state index is 12.4. The molecule has 0 bridgehead atoms. The highest BCUT2D eigenvalue weighted by Crippen LogP contribution is 2.28. The van der Waals surface area contributed by atoms with Gasteiger partial charge in [0, 0.05) is 17.1 Å². The molecule has 0 fully saturated rings. The average Bonchev–Trinajstić information content (AvgIpc) is 2.84. The third-order valence-corrected chi connectivity index (χ3v) is 3.90. The number of carbonyl (C=O) groups is 1. The molecule has 0 spiro atoms. The van der Waals surface area contributed by atoms with Crippen LogP contribution in [-0.4, -0.2) is 16.8 Å². The Kier molecular flexibility index (Phi) is 2.88. The highest BCUT2D eigenvalue weighted by Gasteiger charge is 2.24. The molecule has 1 aliphatic heterocycles. The Balaban J connectivity index is 1.96. The quantitative estimate of drug-likeness (QED) is 0.787. The molecule has 3 nitrogen and oxygen atoms in total. The van der Waals surface area contributed by atoms with E-state index >= 15 is 0 Å². The van der Waals surface area contributed by atoms with E-state index in [1.165, 1.54) is 17.1 Å². The van der Waals surface area contributed by atoms with E-state index in [9.17, 15) is 4.79 Å². The lowest BCUT2D eigenvalue weighted by Gasteiger charge is -2.28. The monoisotopic (exact) mass is 258 g/mol. The van der Waals surface area contributed by atoms with Gasteiger partial charge in [-0.15, -0.1) is 0 Å². The maximum Gasteiger partial charge on any atom is 0.277 e. The molecule has 0 saturated heterocycles. The number of benzene rings is 1. The lowest BCUT2D eigenvalue weighted by molar-refractivity contribution is 0.0981. The van der Waals surface area contributed by atoms with Gasteiger partial charge in [-0.3, -0.25) is 4.79 Å². The topological polar surface area (TPSA) is 33.2 Å². The van der Waals surface area contributed by atoms with E-state index in [1.807, 2.05) is 36.1 Å². The first-order chi connectivity index (χ1) is 8.75. The van der Waals surface area contributed by atoms with Crippen LogP contribution >= 0.6 is 11.5 Å². The van der Waals surface area contributed by atoms with Gasteiger partial charge < -0.3 is 4.90 Å². The van der Waals surface area contributed by atoms with Crippen molar-refractivity contribution in [2.75, 3.05) is 11.4 Å². The molecule has 0 unspecified atom stereocenters. The summed E-state index contributed by atoms with van der Waals surface area (Å²) in [5.41, 5.74) is 2.86. The predicted molar refractivity (Wildman–Crippen MR) is 73.3 cm³/mol. The first-order valence-corrected chi connectivity index (χ1v) is 6.86. The van der Waals surface area contributed by atoms with Crippen molar-refractivity contribution in [3.63, 3.8) is 0 Å². The van der Waals surface area contributed by atoms with Crippen molar-refractivity contribution in [2.45, 2.75) is 19.8 Å². The van der Waals surface area contributed by atoms with Crippen LogP contribution in [0.2, 0.25) is 0 Å². The minimum Gasteiger partial charge on any atom is -0.307 e. The number of para-hydroxylation sites is 1. The average molecular weight is 258 g/mol. The number of aromatic nitrogens is 1. The van der Waals surface area contributed by atoms with E-state index in [0.717, 1.165) is 30.0 Å². The highest BCUT2D eigenvalue weighted by atomic mass is 32.1. The third-order valence-electron chi connectivity index (χ3n) is 3.20. The Morgan fingerprint density at radius 1 is 1.39 bits per heavy atom. The molecule has 3 rings (SSSR count). The van der Waals surface area contributed by atoms with E-state index in [4.69, 9.17) is 0 Å². The summed E-state index contributed by atoms with van der Waals surface area (Å²) in [4.78, 5) is 15.4. The molecule has 0 aliphatic carbocycles. The SMILES string of the molecule is Cc1cc(C(=O)N2CCCc3ccccc32)ns1. The zero-order valence-corrected chi connectivity index (χ0v) is 11.0. The molecule has 0 radical (unpaired) electrons. The van der Waals surface area contributed by atoms with Gasteiger partial charge in [0.05, 0.1) is 0 Å². The molecule has 0 N–H and O–H groups in total. The van der Waals surface area contributed by atoms with E-state index in [0.29, 0.717) is 5.69 Å². The first-order valence-electron chi connectivity index (χ1n) is 6.09. The van der Waals surface area contributed by atoms with Gasteiger partial charge in [0.2, 0.25) is 0 Å². The van der Waals surface area contributed by atoms with Crippen molar-refractivity contribution in [1.82, 2.24) is 4.37 Å². The van der Waals surface area contributed by atoms with Crippen LogP contribution < -0.4 is 4.90 Å². The number of aryl methyl sites for hydroxylation is 2. The van der Waals surface area contributed by atoms with Gasteiger partial charge in [-0.05, 0) is 49.0 Å². The second-order valence-electron chi connectivity index (χ2n) is 4.51. The maximum atomic E-state index is 12.4. The standard InChI is InChI=1S/C14H14N2OS/c1-10-9-12(15-18-10)14(17)16-8-4-6-11-5-2-3-7-13(11)16/h2-3,5,7,9H,4,6,8H2,1H3. The number of anilines is 1. The van der Waals surface area contributed by atoms with Gasteiger partial charge in [-0.2, -0.15) is 4.37 Å². The zero-order valence-electron chi connectivity index (χ0n) is 10.2. The molecule has 0 atom stereocenters. The van der Waals surface area contributed by atoms with Gasteiger partial charge in [0.1, 0.15) is 5.69 Å². The summed E-state index contributed by atoms with van der Waals surface area (Å²) in [5.74, 6) is 0.0199. The molecule has 92 valence electrons. The van der Waals surface area contributed by atoms with Crippen molar-refractivity contribution in [2.24, 2.45) is 0 Å². The van der Waals surface area contributed by atoms with Crippen LogP contribution in [0.5, 0.6) is 0 Å². The smallest absolute Gasteiger partial charge is 0.277 e. The third kappa shape index (κ3) is 1.93. The lowest BCUT2D eigenvalue weighted by Crippen LogP contribution is -2.35. The van der Waals surface area contributed by atoms with E-state index < -0.39 is 0 Å². The van der Waals surface area contributed by atoms with E-state index in [-0.39, 0.29) is 5.91 Å². The lowest BCUT2D eigenvalue weighted by atomic mass is 10.0. The fourth-order valence-corrected chi connectivity index (χ4v) is 2.89. The summed E-state index contributed by atoms with van der Waals surface area (Å²) in [6, 6.07) is 9.99. The summed E-state index contributed by atoms with van der Waals surface area (Å²) in [6.45, 7) is 2.75. The molecule has 0 saturated carbocycles. The molecule has 1 aliphatic rings. The Morgan fingerprint density at radius 3 is 3.00 bits per heavy atom. The molecule has 1 aromatic carbocycles. The number of hydrogen-bond donors (Lipinski definition) is 0. The fourth-order valence-electron chi connectivity index (χ4n) is 2.35. The van der Waals surface area contributed by atoms with Crippen molar-refractivity contribution in [1.29, 1.82) is 0 Å². The number of rotatable bonds is 1. The molecular formula is C14H14N2OS. The zero-order chi connectivity index (χ0) is 12.5. The van der Waals surface area contributed by atoms with Crippen molar-refractivity contribution >= 4 is 23.1 Å². The molecule has 4 heteroatoms. The van der Waals surface area contributed by atoms with Crippen LogP contribution in [0.15, 0.2) is 30.3 Å². The highest BCUT2D eigenvalue weighted by molar-refractivity contribution is 7.05. The summed E-state index contributed by atoms with van der Waals surface area (Å²) in [5, 5.41) is 0. The largest absolute Gasteiger partial charge is 0.307 e. The van der Waals surface area contributed by atoms with Crippen LogP contribution in [0.25, 0.3) is 0 Å². The number of fused-ring (bicyclic) bond motifs is 1. The Labute approximate surface area is 110 Å². The van der Waals surface area contributed by atoms with E-state index in [1.54, 1.807) is 0 Å². The van der Waals surface area contributed by atoms with Crippen molar-refractivity contribution in [3.05, 3.63) is 46.5 Å².